The number of carbonyl (C=O) groups is 1. The van der Waals surface area contributed by atoms with Crippen LogP contribution in [0.5, 0.6) is 0 Å². The number of nitrogens with zero attached hydrogens (tertiary/aromatic N) is 4. The normalized spacial score (nSPS) is 15.0. The van der Waals surface area contributed by atoms with Crippen molar-refractivity contribution in [2.24, 2.45) is 4.99 Å². The van der Waals surface area contributed by atoms with Gasteiger partial charge in [0.15, 0.2) is 4.80 Å². The predicted molar refractivity (Wildman–Crippen MR) is 169 cm³/mol. The lowest BCUT2D eigenvalue weighted by Crippen LogP contribution is -2.40. The predicted octanol–water partition coefficient (Wildman–Crippen LogP) is 5.71. The fourth-order valence-corrected chi connectivity index (χ4v) is 6.60. The van der Waals surface area contributed by atoms with E-state index in [1.165, 1.54) is 11.3 Å². The van der Waals surface area contributed by atoms with Crippen molar-refractivity contribution in [1.82, 2.24) is 9.13 Å². The van der Waals surface area contributed by atoms with Gasteiger partial charge in [-0.3, -0.25) is 9.36 Å². The van der Waals surface area contributed by atoms with E-state index >= 15 is 0 Å². The molecule has 1 aliphatic heterocycles. The highest BCUT2D eigenvalue weighted by atomic mass is 35.5. The van der Waals surface area contributed by atoms with Gasteiger partial charge in [-0.15, -0.1) is 0 Å². The van der Waals surface area contributed by atoms with Crippen LogP contribution in [-0.2, 0) is 16.1 Å². The highest BCUT2D eigenvalue weighted by Crippen LogP contribution is 2.32. The molecule has 0 radical (unpaired) electrons. The molecule has 0 fully saturated rings. The van der Waals surface area contributed by atoms with E-state index in [1.54, 1.807) is 37.5 Å². The molecule has 6 rings (SSSR count). The van der Waals surface area contributed by atoms with Crippen molar-refractivity contribution >= 4 is 45.9 Å². The summed E-state index contributed by atoms with van der Waals surface area (Å²) in [5.41, 5.74) is 4.70. The first kappa shape index (κ1) is 28.4. The molecular formula is C34H27ClN4O3S. The van der Waals surface area contributed by atoms with Gasteiger partial charge in [-0.25, -0.2) is 9.79 Å². The lowest BCUT2D eigenvalue weighted by molar-refractivity contribution is -0.143. The van der Waals surface area contributed by atoms with Gasteiger partial charge in [0.2, 0.25) is 0 Å². The minimum absolute atomic E-state index is 0.252. The van der Waals surface area contributed by atoms with Crippen LogP contribution in [0.15, 0.2) is 100 Å². The number of esters is 1. The molecule has 0 spiro atoms. The van der Waals surface area contributed by atoms with Gasteiger partial charge in [-0.1, -0.05) is 71.5 Å². The van der Waals surface area contributed by atoms with Gasteiger partial charge in [0.1, 0.15) is 0 Å². The highest BCUT2D eigenvalue weighted by molar-refractivity contribution is 7.07. The Morgan fingerprint density at radius 3 is 2.58 bits per heavy atom. The second-order valence-corrected chi connectivity index (χ2v) is 12.0. The Hall–Kier alpha value is -4.71. The molecule has 5 aromatic rings. The Kier molecular flexibility index (Phi) is 7.61. The van der Waals surface area contributed by atoms with Crippen LogP contribution in [0.2, 0.25) is 5.02 Å². The molecule has 3 heterocycles. The molecule has 0 aliphatic carbocycles. The van der Waals surface area contributed by atoms with E-state index in [0.29, 0.717) is 37.7 Å². The van der Waals surface area contributed by atoms with Gasteiger partial charge in [0.05, 0.1) is 39.6 Å². The van der Waals surface area contributed by atoms with E-state index < -0.39 is 12.0 Å². The SMILES string of the molecule is CC1=C(C(=O)OC(C)C)C(c2ccc(Cl)cc2)n2c(sc(=Cc3cn(Cc4ccccc4C#N)c4ccccc34)c2=O)=N1. The Bertz CT molecular complexity index is 2150. The lowest BCUT2D eigenvalue weighted by atomic mass is 9.96. The second kappa shape index (κ2) is 11.5. The van der Waals surface area contributed by atoms with Gasteiger partial charge in [0, 0.05) is 34.2 Å². The molecule has 2 aromatic heterocycles. The summed E-state index contributed by atoms with van der Waals surface area (Å²) in [6, 6.07) is 24.2. The number of para-hydroxylation sites is 1. The first-order valence-corrected chi connectivity index (χ1v) is 15.0. The van der Waals surface area contributed by atoms with E-state index in [4.69, 9.17) is 21.3 Å². The van der Waals surface area contributed by atoms with Crippen molar-refractivity contribution in [3.63, 3.8) is 0 Å². The summed E-state index contributed by atoms with van der Waals surface area (Å²) >= 11 is 7.46. The number of hydrogen-bond acceptors (Lipinski definition) is 6. The number of hydrogen-bond donors (Lipinski definition) is 0. The molecule has 0 N–H and O–H groups in total. The van der Waals surface area contributed by atoms with Gasteiger partial charge >= 0.3 is 5.97 Å². The molecule has 0 saturated carbocycles. The van der Waals surface area contributed by atoms with Crippen LogP contribution in [0.4, 0.5) is 0 Å². The average molecular weight is 607 g/mol. The third-order valence-corrected chi connectivity index (χ3v) is 8.59. The summed E-state index contributed by atoms with van der Waals surface area (Å²) in [6.07, 6.45) is 3.55. The molecule has 0 amide bonds. The molecule has 214 valence electrons. The van der Waals surface area contributed by atoms with E-state index in [0.717, 1.165) is 27.6 Å². The largest absolute Gasteiger partial charge is 0.459 e. The molecule has 9 heteroatoms. The fourth-order valence-electron chi connectivity index (χ4n) is 5.43. The second-order valence-electron chi connectivity index (χ2n) is 10.6. The monoisotopic (exact) mass is 606 g/mol. The van der Waals surface area contributed by atoms with Crippen LogP contribution < -0.4 is 14.9 Å². The number of benzene rings is 3. The summed E-state index contributed by atoms with van der Waals surface area (Å²) in [6.45, 7) is 5.85. The van der Waals surface area contributed by atoms with Crippen LogP contribution in [0.1, 0.15) is 49.1 Å². The number of nitriles is 1. The van der Waals surface area contributed by atoms with E-state index in [2.05, 4.69) is 10.6 Å². The van der Waals surface area contributed by atoms with Crippen molar-refractivity contribution in [2.45, 2.75) is 39.5 Å². The fraction of sp³-hybridized carbons (Fsp3) is 0.176. The Balaban J connectivity index is 1.51. The smallest absolute Gasteiger partial charge is 0.338 e. The van der Waals surface area contributed by atoms with Crippen molar-refractivity contribution in [3.05, 3.63) is 137 Å². The average Bonchev–Trinajstić information content (AvgIpc) is 3.49. The van der Waals surface area contributed by atoms with Crippen molar-refractivity contribution in [1.29, 1.82) is 5.26 Å². The molecule has 0 bridgehead atoms. The zero-order valence-electron chi connectivity index (χ0n) is 23.7. The Labute approximate surface area is 256 Å². The maximum atomic E-state index is 14.1. The van der Waals surface area contributed by atoms with Crippen molar-refractivity contribution in [3.8, 4) is 6.07 Å². The molecular weight excluding hydrogens is 580 g/mol. The molecule has 0 saturated heterocycles. The topological polar surface area (TPSA) is 89.4 Å². The summed E-state index contributed by atoms with van der Waals surface area (Å²) in [5.74, 6) is -0.508. The summed E-state index contributed by atoms with van der Waals surface area (Å²) in [5, 5.41) is 11.1. The summed E-state index contributed by atoms with van der Waals surface area (Å²) < 4.78 is 9.74. The van der Waals surface area contributed by atoms with E-state index in [9.17, 15) is 14.9 Å². The third kappa shape index (κ3) is 5.34. The minimum Gasteiger partial charge on any atom is -0.459 e. The number of aromatic nitrogens is 2. The van der Waals surface area contributed by atoms with E-state index in [-0.39, 0.29) is 11.7 Å². The number of thiazole rings is 1. The molecule has 1 atom stereocenters. The maximum Gasteiger partial charge on any atom is 0.338 e. The maximum absolute atomic E-state index is 14.1. The Morgan fingerprint density at radius 2 is 1.84 bits per heavy atom. The van der Waals surface area contributed by atoms with Gasteiger partial charge in [0.25, 0.3) is 5.56 Å². The third-order valence-electron chi connectivity index (χ3n) is 7.35. The van der Waals surface area contributed by atoms with Crippen LogP contribution in [0, 0.1) is 11.3 Å². The zero-order chi connectivity index (χ0) is 30.2. The highest BCUT2D eigenvalue weighted by Gasteiger charge is 2.33. The van der Waals surface area contributed by atoms with Gasteiger partial charge in [-0.05, 0) is 62.2 Å². The molecule has 1 aliphatic rings. The number of rotatable bonds is 6. The quantitative estimate of drug-likeness (QED) is 0.231. The standard InChI is InChI=1S/C34H27ClN4O3S/c1-20(2)42-33(41)30-21(3)37-34-39(31(30)22-12-14-26(35)15-13-22)32(40)29(43-34)16-25-19-38(28-11-7-6-10-27(25)28)18-24-9-5-4-8-23(24)17-36/h4-16,19-20,31H,18H2,1-3H3. The first-order valence-electron chi connectivity index (χ1n) is 13.8. The minimum atomic E-state index is -0.717. The number of ether oxygens (including phenoxy) is 1. The summed E-state index contributed by atoms with van der Waals surface area (Å²) in [7, 11) is 0. The van der Waals surface area contributed by atoms with Crippen LogP contribution in [0.3, 0.4) is 0 Å². The molecule has 1 unspecified atom stereocenters. The van der Waals surface area contributed by atoms with Crippen LogP contribution >= 0.6 is 22.9 Å². The number of halogens is 1. The number of allylic oxidation sites excluding steroid dienone is 1. The van der Waals surface area contributed by atoms with Crippen LogP contribution in [0.25, 0.3) is 17.0 Å². The lowest BCUT2D eigenvalue weighted by Gasteiger charge is -2.25. The van der Waals surface area contributed by atoms with Crippen molar-refractivity contribution in [2.75, 3.05) is 0 Å². The molecule has 3 aromatic carbocycles. The number of fused-ring (bicyclic) bond motifs is 2. The van der Waals surface area contributed by atoms with Crippen LogP contribution in [-0.4, -0.2) is 21.2 Å². The molecule has 7 nitrogen and oxygen atoms in total. The zero-order valence-corrected chi connectivity index (χ0v) is 25.3. The first-order chi connectivity index (χ1) is 20.7. The molecule has 43 heavy (non-hydrogen) atoms. The van der Waals surface area contributed by atoms with Gasteiger partial charge < -0.3 is 9.30 Å². The Morgan fingerprint density at radius 1 is 1.12 bits per heavy atom. The van der Waals surface area contributed by atoms with Crippen molar-refractivity contribution < 1.29 is 9.53 Å². The van der Waals surface area contributed by atoms with Gasteiger partial charge in [-0.2, -0.15) is 5.26 Å². The number of carbonyl (C=O) groups excluding carboxylic acids is 1. The van der Waals surface area contributed by atoms with E-state index in [1.807, 2.05) is 72.9 Å². The summed E-state index contributed by atoms with van der Waals surface area (Å²) in [4.78, 5) is 32.6.